The highest BCUT2D eigenvalue weighted by atomic mass is 32.1. The monoisotopic (exact) mass is 279 g/mol. The van der Waals surface area contributed by atoms with Crippen LogP contribution in [0.5, 0.6) is 0 Å². The third-order valence-corrected chi connectivity index (χ3v) is 3.46. The quantitative estimate of drug-likeness (QED) is 0.645. The first-order chi connectivity index (χ1) is 9.11. The van der Waals surface area contributed by atoms with Crippen LogP contribution in [0.1, 0.15) is 18.0 Å². The second-order valence-electron chi connectivity index (χ2n) is 3.81. The fraction of sp³-hybridized carbons (Fsp3) is 0.273. The summed E-state index contributed by atoms with van der Waals surface area (Å²) in [7, 11) is 1.71. The Kier molecular flexibility index (Phi) is 3.91. The topological polar surface area (TPSA) is 93.0 Å². The molecule has 0 spiro atoms. The van der Waals surface area contributed by atoms with Gasteiger partial charge in [0.25, 0.3) is 0 Å². The van der Waals surface area contributed by atoms with E-state index in [2.05, 4.69) is 20.6 Å². The zero-order chi connectivity index (χ0) is 13.8. The Balaban J connectivity index is 2.29. The van der Waals surface area contributed by atoms with Crippen LogP contribution in [-0.4, -0.2) is 21.9 Å². The normalized spacial score (nSPS) is 11.9. The van der Waals surface area contributed by atoms with Gasteiger partial charge in [-0.15, -0.1) is 11.3 Å². The third-order valence-electron chi connectivity index (χ3n) is 2.50. The maximum atomic E-state index is 11.0. The number of nitrogens with zero attached hydrogens (tertiary/aromatic N) is 3. The Hall–Kier alpha value is -2.22. The summed E-state index contributed by atoms with van der Waals surface area (Å²) in [6.07, 6.45) is 1.70. The molecule has 2 aromatic rings. The lowest BCUT2D eigenvalue weighted by Gasteiger charge is -2.12. The second kappa shape index (κ2) is 5.61. The van der Waals surface area contributed by atoms with Gasteiger partial charge in [-0.2, -0.15) is 0 Å². The molecule has 8 heteroatoms. The Morgan fingerprint density at radius 2 is 2.26 bits per heavy atom. The average Bonchev–Trinajstić information content (AvgIpc) is 2.92. The molecular formula is C11H13N5O2S. The largest absolute Gasteiger partial charge is 0.373 e. The third kappa shape index (κ3) is 2.97. The molecule has 1 atom stereocenters. The highest BCUT2D eigenvalue weighted by Crippen LogP contribution is 2.28. The zero-order valence-electron chi connectivity index (χ0n) is 10.5. The maximum Gasteiger partial charge on any atom is 0.311 e. The van der Waals surface area contributed by atoms with Crippen LogP contribution >= 0.6 is 11.3 Å². The number of pyridine rings is 1. The standard InChI is InChI=1S/C11H13N5O2S/c1-7(11-13-5-6-19-11)14-10-8(16(17)18)3-4-9(12-2)15-10/h3-7H,1-2H3,(H2,12,14,15). The summed E-state index contributed by atoms with van der Waals surface area (Å²) in [5.74, 6) is 0.805. The number of hydrogen-bond donors (Lipinski definition) is 2. The van der Waals surface area contributed by atoms with E-state index in [0.717, 1.165) is 5.01 Å². The van der Waals surface area contributed by atoms with E-state index >= 15 is 0 Å². The number of nitrogens with one attached hydrogen (secondary N) is 2. The van der Waals surface area contributed by atoms with Crippen LogP contribution in [-0.2, 0) is 0 Å². The number of hydrogen-bond acceptors (Lipinski definition) is 7. The fourth-order valence-electron chi connectivity index (χ4n) is 1.56. The van der Waals surface area contributed by atoms with E-state index in [1.165, 1.54) is 17.4 Å². The molecule has 2 rings (SSSR count). The smallest absolute Gasteiger partial charge is 0.311 e. The Labute approximate surface area is 113 Å². The number of thiazole rings is 1. The molecule has 2 aromatic heterocycles. The van der Waals surface area contributed by atoms with Crippen LogP contribution in [0.2, 0.25) is 0 Å². The average molecular weight is 279 g/mol. The van der Waals surface area contributed by atoms with Crippen molar-refractivity contribution in [3.05, 3.63) is 38.8 Å². The van der Waals surface area contributed by atoms with Gasteiger partial charge in [0.1, 0.15) is 10.8 Å². The van der Waals surface area contributed by atoms with Gasteiger partial charge in [0, 0.05) is 24.7 Å². The van der Waals surface area contributed by atoms with Crippen LogP contribution in [0.3, 0.4) is 0 Å². The van der Waals surface area contributed by atoms with Crippen molar-refractivity contribution >= 4 is 28.7 Å². The summed E-state index contributed by atoms with van der Waals surface area (Å²) >= 11 is 1.49. The number of nitro groups is 1. The Bertz CT molecular complexity index is 572. The predicted octanol–water partition coefficient (Wildman–Crippen LogP) is 2.66. The van der Waals surface area contributed by atoms with Gasteiger partial charge in [-0.3, -0.25) is 10.1 Å². The van der Waals surface area contributed by atoms with E-state index in [-0.39, 0.29) is 17.5 Å². The lowest BCUT2D eigenvalue weighted by molar-refractivity contribution is -0.384. The molecular weight excluding hydrogens is 266 g/mol. The van der Waals surface area contributed by atoms with Gasteiger partial charge in [-0.25, -0.2) is 9.97 Å². The van der Waals surface area contributed by atoms with Crippen LogP contribution in [0.4, 0.5) is 17.3 Å². The highest BCUT2D eigenvalue weighted by molar-refractivity contribution is 7.09. The molecule has 2 heterocycles. The summed E-state index contributed by atoms with van der Waals surface area (Å²) in [6, 6.07) is 2.85. The molecule has 0 aliphatic heterocycles. The van der Waals surface area contributed by atoms with Gasteiger partial charge >= 0.3 is 5.69 Å². The van der Waals surface area contributed by atoms with Crippen LogP contribution in [0.25, 0.3) is 0 Å². The minimum Gasteiger partial charge on any atom is -0.373 e. The molecule has 1 unspecified atom stereocenters. The first kappa shape index (κ1) is 13.2. The van der Waals surface area contributed by atoms with Gasteiger partial charge in [0.15, 0.2) is 0 Å². The molecule has 0 bridgehead atoms. The van der Waals surface area contributed by atoms with Crippen LogP contribution in [0, 0.1) is 10.1 Å². The fourth-order valence-corrected chi connectivity index (χ4v) is 2.21. The second-order valence-corrected chi connectivity index (χ2v) is 4.73. The van der Waals surface area contributed by atoms with Gasteiger partial charge in [0.05, 0.1) is 11.0 Å². The van der Waals surface area contributed by atoms with Gasteiger partial charge < -0.3 is 10.6 Å². The summed E-state index contributed by atoms with van der Waals surface area (Å²) < 4.78 is 0. The Morgan fingerprint density at radius 3 is 2.84 bits per heavy atom. The van der Waals surface area contributed by atoms with Gasteiger partial charge in [-0.05, 0) is 13.0 Å². The van der Waals surface area contributed by atoms with E-state index in [9.17, 15) is 10.1 Å². The molecule has 19 heavy (non-hydrogen) atoms. The molecule has 0 aliphatic carbocycles. The van der Waals surface area contributed by atoms with Crippen LogP contribution in [0.15, 0.2) is 23.7 Å². The number of aromatic nitrogens is 2. The first-order valence-corrected chi connectivity index (χ1v) is 6.49. The predicted molar refractivity (Wildman–Crippen MR) is 74.6 cm³/mol. The molecule has 7 nitrogen and oxygen atoms in total. The minimum atomic E-state index is -0.455. The molecule has 0 saturated heterocycles. The van der Waals surface area contributed by atoms with Crippen molar-refractivity contribution in [2.24, 2.45) is 0 Å². The summed E-state index contributed by atoms with van der Waals surface area (Å²) in [6.45, 7) is 1.89. The molecule has 0 amide bonds. The van der Waals surface area contributed by atoms with Crippen molar-refractivity contribution < 1.29 is 4.92 Å². The van der Waals surface area contributed by atoms with E-state index in [4.69, 9.17) is 0 Å². The van der Waals surface area contributed by atoms with Crippen molar-refractivity contribution in [1.82, 2.24) is 9.97 Å². The first-order valence-electron chi connectivity index (χ1n) is 5.61. The van der Waals surface area contributed by atoms with Crippen molar-refractivity contribution in [1.29, 1.82) is 0 Å². The molecule has 0 saturated carbocycles. The summed E-state index contributed by atoms with van der Waals surface area (Å²) in [4.78, 5) is 18.9. The molecule has 0 aliphatic rings. The lowest BCUT2D eigenvalue weighted by Crippen LogP contribution is -2.10. The molecule has 2 N–H and O–H groups in total. The summed E-state index contributed by atoms with van der Waals surface area (Å²) in [5, 5.41) is 19.6. The highest BCUT2D eigenvalue weighted by Gasteiger charge is 2.19. The SMILES string of the molecule is CNc1ccc([N+](=O)[O-])c(NC(C)c2nccs2)n1. The molecule has 100 valence electrons. The van der Waals surface area contributed by atoms with Gasteiger partial charge in [0.2, 0.25) is 5.82 Å². The van der Waals surface area contributed by atoms with E-state index in [0.29, 0.717) is 5.82 Å². The lowest BCUT2D eigenvalue weighted by atomic mass is 10.3. The van der Waals surface area contributed by atoms with E-state index < -0.39 is 4.92 Å². The van der Waals surface area contributed by atoms with Crippen LogP contribution < -0.4 is 10.6 Å². The van der Waals surface area contributed by atoms with Gasteiger partial charge in [-0.1, -0.05) is 0 Å². The number of rotatable bonds is 5. The molecule has 0 radical (unpaired) electrons. The zero-order valence-corrected chi connectivity index (χ0v) is 11.3. The molecule has 0 aromatic carbocycles. The van der Waals surface area contributed by atoms with E-state index in [1.54, 1.807) is 19.3 Å². The van der Waals surface area contributed by atoms with Crippen molar-refractivity contribution in [3.63, 3.8) is 0 Å². The van der Waals surface area contributed by atoms with Crippen molar-refractivity contribution in [2.75, 3.05) is 17.7 Å². The molecule has 0 fully saturated rings. The van der Waals surface area contributed by atoms with E-state index in [1.807, 2.05) is 12.3 Å². The van der Waals surface area contributed by atoms with Crippen molar-refractivity contribution in [3.8, 4) is 0 Å². The maximum absolute atomic E-state index is 11.0. The number of anilines is 2. The summed E-state index contributed by atoms with van der Waals surface area (Å²) in [5.41, 5.74) is -0.0533. The minimum absolute atomic E-state index is 0.0533. The Morgan fingerprint density at radius 1 is 1.47 bits per heavy atom. The van der Waals surface area contributed by atoms with Crippen molar-refractivity contribution in [2.45, 2.75) is 13.0 Å².